The molecule has 6 heteroatoms. The number of carboxylic acids is 1. The zero-order valence-corrected chi connectivity index (χ0v) is 22.6. The molecule has 6 nitrogen and oxygen atoms in total. The number of carbonyl (C=O) groups is 2. The Morgan fingerprint density at radius 3 is 2.26 bits per heavy atom. The van der Waals surface area contributed by atoms with Crippen LogP contribution in [0.2, 0.25) is 0 Å². The van der Waals surface area contributed by atoms with E-state index >= 15 is 0 Å². The van der Waals surface area contributed by atoms with Crippen molar-refractivity contribution < 1.29 is 14.7 Å². The zero-order valence-electron chi connectivity index (χ0n) is 22.6. The molecule has 1 fully saturated rings. The molecule has 0 aliphatic carbocycles. The lowest BCUT2D eigenvalue weighted by molar-refractivity contribution is -0.145. The molecule has 1 saturated heterocycles. The van der Waals surface area contributed by atoms with Gasteiger partial charge in [0.1, 0.15) is 5.54 Å². The molecule has 3 N–H and O–H groups in total. The maximum atomic E-state index is 13.6. The van der Waals surface area contributed by atoms with Crippen molar-refractivity contribution in [2.45, 2.75) is 64.2 Å². The van der Waals surface area contributed by atoms with Crippen LogP contribution in [0.1, 0.15) is 62.8 Å². The number of nitrogens with one attached hydrogen (secondary N) is 2. The SMILES string of the molecule is CC(C)C[C@](C)(NC(c1ccccc1)c1ccccc1NC(=O)C1CCCN1Cc1ccccc1)C(=O)O. The summed E-state index contributed by atoms with van der Waals surface area (Å²) < 4.78 is 0. The molecule has 0 saturated carbocycles. The first-order chi connectivity index (χ1) is 18.3. The van der Waals surface area contributed by atoms with Crippen LogP contribution in [-0.4, -0.2) is 40.0 Å². The van der Waals surface area contributed by atoms with Crippen molar-refractivity contribution in [3.63, 3.8) is 0 Å². The van der Waals surface area contributed by atoms with Crippen LogP contribution in [0.3, 0.4) is 0 Å². The van der Waals surface area contributed by atoms with E-state index in [0.29, 0.717) is 12.1 Å². The van der Waals surface area contributed by atoms with E-state index < -0.39 is 17.6 Å². The molecule has 1 aliphatic heterocycles. The average Bonchev–Trinajstić information content (AvgIpc) is 3.37. The highest BCUT2D eigenvalue weighted by Gasteiger charge is 2.37. The number of aliphatic carboxylic acids is 1. The van der Waals surface area contributed by atoms with Gasteiger partial charge in [-0.1, -0.05) is 92.7 Å². The number of hydrogen-bond donors (Lipinski definition) is 3. The fourth-order valence-electron chi connectivity index (χ4n) is 5.54. The molecule has 2 unspecified atom stereocenters. The van der Waals surface area contributed by atoms with E-state index in [-0.39, 0.29) is 17.9 Å². The number of likely N-dealkylation sites (tertiary alicyclic amines) is 1. The molecule has 0 spiro atoms. The second kappa shape index (κ2) is 12.4. The quantitative estimate of drug-likeness (QED) is 0.299. The molecule has 1 heterocycles. The summed E-state index contributed by atoms with van der Waals surface area (Å²) in [5.74, 6) is -0.732. The minimum atomic E-state index is -1.15. The van der Waals surface area contributed by atoms with Crippen LogP contribution in [0.5, 0.6) is 0 Å². The summed E-state index contributed by atoms with van der Waals surface area (Å²) in [6.45, 7) is 7.41. The molecule has 3 aromatic carbocycles. The number of amides is 1. The van der Waals surface area contributed by atoms with E-state index in [1.807, 2.05) is 86.6 Å². The predicted molar refractivity (Wildman–Crippen MR) is 152 cm³/mol. The summed E-state index contributed by atoms with van der Waals surface area (Å²) in [7, 11) is 0. The van der Waals surface area contributed by atoms with Crippen LogP contribution in [0.25, 0.3) is 0 Å². The molecule has 1 aliphatic rings. The van der Waals surface area contributed by atoms with Crippen molar-refractivity contribution in [2.75, 3.05) is 11.9 Å². The van der Waals surface area contributed by atoms with Crippen LogP contribution in [-0.2, 0) is 16.1 Å². The highest BCUT2D eigenvalue weighted by molar-refractivity contribution is 5.95. The normalized spacial score (nSPS) is 18.2. The van der Waals surface area contributed by atoms with Gasteiger partial charge >= 0.3 is 5.97 Å². The minimum Gasteiger partial charge on any atom is -0.480 e. The van der Waals surface area contributed by atoms with Crippen molar-refractivity contribution >= 4 is 17.6 Å². The Morgan fingerprint density at radius 2 is 1.61 bits per heavy atom. The van der Waals surface area contributed by atoms with E-state index in [2.05, 4.69) is 27.7 Å². The molecule has 3 aromatic rings. The lowest BCUT2D eigenvalue weighted by Gasteiger charge is -2.34. The molecule has 38 heavy (non-hydrogen) atoms. The Morgan fingerprint density at radius 1 is 0.974 bits per heavy atom. The number of para-hydroxylation sites is 1. The van der Waals surface area contributed by atoms with Crippen molar-refractivity contribution in [3.05, 3.63) is 102 Å². The molecule has 3 atom stereocenters. The topological polar surface area (TPSA) is 81.7 Å². The smallest absolute Gasteiger partial charge is 0.323 e. The average molecular weight is 514 g/mol. The second-order valence-corrected chi connectivity index (χ2v) is 10.9. The van der Waals surface area contributed by atoms with Gasteiger partial charge in [-0.15, -0.1) is 0 Å². The third kappa shape index (κ3) is 6.69. The van der Waals surface area contributed by atoms with Crippen molar-refractivity contribution in [1.82, 2.24) is 10.2 Å². The predicted octanol–water partition coefficient (Wildman–Crippen LogP) is 5.86. The van der Waals surface area contributed by atoms with Gasteiger partial charge in [-0.2, -0.15) is 0 Å². The summed E-state index contributed by atoms with van der Waals surface area (Å²) in [5, 5.41) is 16.9. The van der Waals surface area contributed by atoms with Gasteiger partial charge < -0.3 is 10.4 Å². The molecule has 200 valence electrons. The number of carboxylic acid groups (broad SMARTS) is 1. The van der Waals surface area contributed by atoms with Gasteiger partial charge in [-0.05, 0) is 61.4 Å². The van der Waals surface area contributed by atoms with Gasteiger partial charge in [0.25, 0.3) is 0 Å². The van der Waals surface area contributed by atoms with Crippen LogP contribution in [0.15, 0.2) is 84.9 Å². The first-order valence-electron chi connectivity index (χ1n) is 13.5. The fraction of sp³-hybridized carbons (Fsp3) is 0.375. The number of benzene rings is 3. The maximum absolute atomic E-state index is 13.6. The van der Waals surface area contributed by atoms with Crippen molar-refractivity contribution in [3.8, 4) is 0 Å². The van der Waals surface area contributed by atoms with Gasteiger partial charge in [0.05, 0.1) is 12.1 Å². The second-order valence-electron chi connectivity index (χ2n) is 10.9. The molecule has 0 radical (unpaired) electrons. The standard InChI is InChI=1S/C32H39N3O3/c1-23(2)21-32(3,31(37)38)34-29(25-15-8-5-9-16-25)26-17-10-11-18-27(26)33-30(36)28-19-12-20-35(28)22-24-13-6-4-7-14-24/h4-11,13-18,23,28-29,34H,12,19-22H2,1-3H3,(H,33,36)(H,37,38)/t28?,29?,32-/m0/s1. The Kier molecular flexibility index (Phi) is 8.97. The lowest BCUT2D eigenvalue weighted by atomic mass is 9.87. The number of anilines is 1. The number of rotatable bonds is 11. The summed E-state index contributed by atoms with van der Waals surface area (Å²) >= 11 is 0. The number of nitrogens with zero attached hydrogens (tertiary/aromatic N) is 1. The van der Waals surface area contributed by atoms with Gasteiger partial charge in [0.2, 0.25) is 5.91 Å². The summed E-state index contributed by atoms with van der Waals surface area (Å²) in [6, 6.07) is 27.1. The van der Waals surface area contributed by atoms with Gasteiger partial charge in [-0.25, -0.2) is 0 Å². The largest absolute Gasteiger partial charge is 0.480 e. The van der Waals surface area contributed by atoms with Crippen LogP contribution in [0, 0.1) is 5.92 Å². The third-order valence-corrected chi connectivity index (χ3v) is 7.31. The van der Waals surface area contributed by atoms with Crippen molar-refractivity contribution in [1.29, 1.82) is 0 Å². The highest BCUT2D eigenvalue weighted by Crippen LogP contribution is 2.33. The first kappa shape index (κ1) is 27.6. The van der Waals surface area contributed by atoms with E-state index in [1.54, 1.807) is 6.92 Å². The van der Waals surface area contributed by atoms with Crippen LogP contribution < -0.4 is 10.6 Å². The number of hydrogen-bond acceptors (Lipinski definition) is 4. The third-order valence-electron chi connectivity index (χ3n) is 7.31. The summed E-state index contributed by atoms with van der Waals surface area (Å²) in [4.78, 5) is 28.3. The van der Waals surface area contributed by atoms with E-state index in [4.69, 9.17) is 0 Å². The molecule has 4 rings (SSSR count). The highest BCUT2D eigenvalue weighted by atomic mass is 16.4. The fourth-order valence-corrected chi connectivity index (χ4v) is 5.54. The van der Waals surface area contributed by atoms with Crippen molar-refractivity contribution in [2.24, 2.45) is 5.92 Å². The monoisotopic (exact) mass is 513 g/mol. The lowest BCUT2D eigenvalue weighted by Crippen LogP contribution is -2.52. The summed E-state index contributed by atoms with van der Waals surface area (Å²) in [5.41, 5.74) is 2.53. The summed E-state index contributed by atoms with van der Waals surface area (Å²) in [6.07, 6.45) is 2.26. The number of carbonyl (C=O) groups excluding carboxylic acids is 1. The first-order valence-corrected chi connectivity index (χ1v) is 13.5. The van der Waals surface area contributed by atoms with Gasteiger partial charge in [0.15, 0.2) is 0 Å². The van der Waals surface area contributed by atoms with Crippen LogP contribution >= 0.6 is 0 Å². The molecule has 0 aromatic heterocycles. The Balaban J connectivity index is 1.62. The Hall–Kier alpha value is -3.48. The van der Waals surface area contributed by atoms with Gasteiger partial charge in [-0.3, -0.25) is 19.8 Å². The van der Waals surface area contributed by atoms with E-state index in [0.717, 1.165) is 37.1 Å². The molecular formula is C32H39N3O3. The molecule has 0 bridgehead atoms. The Labute approximate surface area is 226 Å². The molecule has 1 amide bonds. The van der Waals surface area contributed by atoms with Gasteiger partial charge in [0, 0.05) is 12.2 Å². The minimum absolute atomic E-state index is 0.0270. The maximum Gasteiger partial charge on any atom is 0.323 e. The van der Waals surface area contributed by atoms with E-state index in [9.17, 15) is 14.7 Å². The zero-order chi connectivity index (χ0) is 27.1. The Bertz CT molecular complexity index is 1210. The molecular weight excluding hydrogens is 474 g/mol. The van der Waals surface area contributed by atoms with E-state index in [1.165, 1.54) is 5.56 Å². The van der Waals surface area contributed by atoms with Crippen LogP contribution in [0.4, 0.5) is 5.69 Å².